The fourth-order valence-corrected chi connectivity index (χ4v) is 3.32. The monoisotopic (exact) mass is 383 g/mol. The van der Waals surface area contributed by atoms with Crippen molar-refractivity contribution in [3.63, 3.8) is 0 Å². The number of aromatic nitrogens is 2. The molecule has 2 aromatic carbocycles. The Bertz CT molecular complexity index is 883. The molecule has 0 spiro atoms. The van der Waals surface area contributed by atoms with E-state index in [1.54, 1.807) is 24.3 Å². The van der Waals surface area contributed by atoms with Gasteiger partial charge in [0.15, 0.2) is 5.16 Å². The number of fused-ring (bicyclic) bond motifs is 1. The number of thioether (sulfide) groups is 1. The summed E-state index contributed by atoms with van der Waals surface area (Å²) in [5.74, 6) is -0.245. The molecule has 3 rings (SSSR count). The normalized spacial score (nSPS) is 11.0. The minimum atomic E-state index is -0.302. The topological polar surface area (TPSA) is 57.8 Å². The third kappa shape index (κ3) is 4.20. The van der Waals surface area contributed by atoms with E-state index in [0.29, 0.717) is 27.3 Å². The van der Waals surface area contributed by atoms with Crippen LogP contribution in [0.15, 0.2) is 41.6 Å². The average Bonchev–Trinajstić information content (AvgIpc) is 2.95. The van der Waals surface area contributed by atoms with Crippen molar-refractivity contribution in [2.75, 3.05) is 5.75 Å². The number of nitrogens with zero attached hydrogens (tertiary/aromatic N) is 1. The van der Waals surface area contributed by atoms with Crippen molar-refractivity contribution in [2.45, 2.75) is 11.7 Å². The Morgan fingerprint density at radius 3 is 2.75 bits per heavy atom. The molecule has 124 valence electrons. The molecule has 2 N–H and O–H groups in total. The van der Waals surface area contributed by atoms with E-state index >= 15 is 0 Å². The number of halogens is 3. The van der Waals surface area contributed by atoms with Gasteiger partial charge in [0.1, 0.15) is 11.3 Å². The van der Waals surface area contributed by atoms with Gasteiger partial charge in [-0.3, -0.25) is 4.79 Å². The maximum absolute atomic E-state index is 12.8. The maximum Gasteiger partial charge on any atom is 0.230 e. The van der Waals surface area contributed by atoms with Gasteiger partial charge in [-0.05, 0) is 29.8 Å². The Balaban J connectivity index is 1.56. The largest absolute Gasteiger partial charge is 0.351 e. The molecule has 0 aliphatic heterocycles. The second kappa shape index (κ2) is 7.42. The van der Waals surface area contributed by atoms with Gasteiger partial charge >= 0.3 is 0 Å². The quantitative estimate of drug-likeness (QED) is 0.641. The standard InChI is InChI=1S/C16H12Cl2FN3OS/c17-10-5-12(18)15-13(6-10)21-16(22-15)24-8-14(23)20-7-9-1-3-11(19)4-2-9/h1-6H,7-8H2,(H,20,23)(H,21,22). The number of hydrogen-bond acceptors (Lipinski definition) is 3. The summed E-state index contributed by atoms with van der Waals surface area (Å²) in [6, 6.07) is 9.34. The van der Waals surface area contributed by atoms with Crippen molar-refractivity contribution >= 4 is 51.9 Å². The molecule has 0 saturated carbocycles. The van der Waals surface area contributed by atoms with Crippen LogP contribution in [0, 0.1) is 5.82 Å². The third-order valence-electron chi connectivity index (χ3n) is 3.23. The first kappa shape index (κ1) is 17.1. The van der Waals surface area contributed by atoms with Gasteiger partial charge in [0, 0.05) is 11.6 Å². The molecule has 0 atom stereocenters. The van der Waals surface area contributed by atoms with E-state index in [-0.39, 0.29) is 17.5 Å². The number of aromatic amines is 1. The number of rotatable bonds is 5. The van der Waals surface area contributed by atoms with Crippen molar-refractivity contribution < 1.29 is 9.18 Å². The first-order valence-electron chi connectivity index (χ1n) is 7.00. The Labute approximate surface area is 151 Å². The predicted octanol–water partition coefficient (Wildman–Crippen LogP) is 4.42. The maximum atomic E-state index is 12.8. The van der Waals surface area contributed by atoms with Crippen LogP contribution in [-0.4, -0.2) is 21.6 Å². The first-order valence-corrected chi connectivity index (χ1v) is 8.74. The van der Waals surface area contributed by atoms with Crippen LogP contribution in [-0.2, 0) is 11.3 Å². The van der Waals surface area contributed by atoms with Gasteiger partial charge in [-0.25, -0.2) is 9.37 Å². The van der Waals surface area contributed by atoms with Gasteiger partial charge in [0.2, 0.25) is 5.91 Å². The summed E-state index contributed by atoms with van der Waals surface area (Å²) < 4.78 is 12.8. The summed E-state index contributed by atoms with van der Waals surface area (Å²) in [4.78, 5) is 19.3. The number of carbonyl (C=O) groups is 1. The lowest BCUT2D eigenvalue weighted by Crippen LogP contribution is -2.24. The van der Waals surface area contributed by atoms with Gasteiger partial charge in [0.05, 0.1) is 16.3 Å². The molecule has 1 aromatic heterocycles. The van der Waals surface area contributed by atoms with Crippen molar-refractivity contribution in [3.8, 4) is 0 Å². The molecule has 0 saturated heterocycles. The van der Waals surface area contributed by atoms with Crippen LogP contribution in [0.1, 0.15) is 5.56 Å². The van der Waals surface area contributed by atoms with E-state index in [9.17, 15) is 9.18 Å². The number of benzene rings is 2. The summed E-state index contributed by atoms with van der Waals surface area (Å²) in [6.07, 6.45) is 0. The van der Waals surface area contributed by atoms with Crippen LogP contribution in [0.25, 0.3) is 11.0 Å². The summed E-state index contributed by atoms with van der Waals surface area (Å²) in [5, 5.41) is 4.34. The fraction of sp³-hybridized carbons (Fsp3) is 0.125. The van der Waals surface area contributed by atoms with Gasteiger partial charge in [-0.1, -0.05) is 47.1 Å². The molecule has 3 aromatic rings. The van der Waals surface area contributed by atoms with E-state index in [0.717, 1.165) is 11.1 Å². The van der Waals surface area contributed by atoms with Gasteiger partial charge in [-0.15, -0.1) is 0 Å². The van der Waals surface area contributed by atoms with E-state index in [4.69, 9.17) is 23.2 Å². The van der Waals surface area contributed by atoms with Crippen molar-refractivity contribution in [3.05, 3.63) is 57.8 Å². The van der Waals surface area contributed by atoms with Crippen LogP contribution in [0.2, 0.25) is 10.0 Å². The zero-order chi connectivity index (χ0) is 17.1. The molecular formula is C16H12Cl2FN3OS. The summed E-state index contributed by atoms with van der Waals surface area (Å²) >= 11 is 13.3. The molecule has 1 heterocycles. The Morgan fingerprint density at radius 1 is 1.25 bits per heavy atom. The van der Waals surface area contributed by atoms with Crippen LogP contribution < -0.4 is 5.32 Å². The molecule has 1 amide bonds. The number of nitrogens with one attached hydrogen (secondary N) is 2. The molecular weight excluding hydrogens is 372 g/mol. The number of imidazole rings is 1. The minimum absolute atomic E-state index is 0.145. The van der Waals surface area contributed by atoms with Gasteiger partial charge in [0.25, 0.3) is 0 Å². The molecule has 0 fully saturated rings. The highest BCUT2D eigenvalue weighted by molar-refractivity contribution is 7.99. The lowest BCUT2D eigenvalue weighted by atomic mass is 10.2. The van der Waals surface area contributed by atoms with Gasteiger partial charge < -0.3 is 10.3 Å². The van der Waals surface area contributed by atoms with E-state index in [1.807, 2.05) is 0 Å². The van der Waals surface area contributed by atoms with E-state index in [2.05, 4.69) is 15.3 Å². The molecule has 0 aliphatic rings. The van der Waals surface area contributed by atoms with Crippen LogP contribution in [0.3, 0.4) is 0 Å². The number of hydrogen-bond donors (Lipinski definition) is 2. The molecule has 0 aliphatic carbocycles. The predicted molar refractivity (Wildman–Crippen MR) is 95.1 cm³/mol. The number of H-pyrrole nitrogens is 1. The van der Waals surface area contributed by atoms with E-state index in [1.165, 1.54) is 23.9 Å². The summed E-state index contributed by atoms with van der Waals surface area (Å²) in [6.45, 7) is 0.348. The summed E-state index contributed by atoms with van der Waals surface area (Å²) in [7, 11) is 0. The van der Waals surface area contributed by atoms with Gasteiger partial charge in [-0.2, -0.15) is 0 Å². The molecule has 0 radical (unpaired) electrons. The zero-order valence-corrected chi connectivity index (χ0v) is 14.6. The Kier molecular flexibility index (Phi) is 5.28. The van der Waals surface area contributed by atoms with Crippen LogP contribution >= 0.6 is 35.0 Å². The van der Waals surface area contributed by atoms with Crippen molar-refractivity contribution in [2.24, 2.45) is 0 Å². The van der Waals surface area contributed by atoms with Crippen molar-refractivity contribution in [1.82, 2.24) is 15.3 Å². The van der Waals surface area contributed by atoms with Crippen LogP contribution in [0.5, 0.6) is 0 Å². The summed E-state index contributed by atoms with van der Waals surface area (Å²) in [5.41, 5.74) is 2.18. The van der Waals surface area contributed by atoms with E-state index < -0.39 is 0 Å². The smallest absolute Gasteiger partial charge is 0.230 e. The zero-order valence-electron chi connectivity index (χ0n) is 12.3. The highest BCUT2D eigenvalue weighted by Crippen LogP contribution is 2.28. The number of amides is 1. The highest BCUT2D eigenvalue weighted by Gasteiger charge is 2.10. The van der Waals surface area contributed by atoms with Crippen molar-refractivity contribution in [1.29, 1.82) is 0 Å². The second-order valence-corrected chi connectivity index (χ2v) is 6.83. The highest BCUT2D eigenvalue weighted by atomic mass is 35.5. The first-order chi connectivity index (χ1) is 11.5. The molecule has 8 heteroatoms. The Hall–Kier alpha value is -1.76. The lowest BCUT2D eigenvalue weighted by molar-refractivity contribution is -0.118. The third-order valence-corrected chi connectivity index (χ3v) is 4.61. The minimum Gasteiger partial charge on any atom is -0.351 e. The molecule has 4 nitrogen and oxygen atoms in total. The second-order valence-electron chi connectivity index (χ2n) is 5.02. The number of carbonyl (C=O) groups excluding carboxylic acids is 1. The Morgan fingerprint density at radius 2 is 2.00 bits per heavy atom. The average molecular weight is 384 g/mol. The lowest BCUT2D eigenvalue weighted by Gasteiger charge is -2.04. The molecule has 0 unspecified atom stereocenters. The van der Waals surface area contributed by atoms with Crippen LogP contribution in [0.4, 0.5) is 4.39 Å². The molecule has 24 heavy (non-hydrogen) atoms. The fourth-order valence-electron chi connectivity index (χ4n) is 2.08. The molecule has 0 bridgehead atoms. The SMILES string of the molecule is O=C(CSc1nc2c(Cl)cc(Cl)cc2[nH]1)NCc1ccc(F)cc1.